The van der Waals surface area contributed by atoms with Gasteiger partial charge in [0.25, 0.3) is 0 Å². The summed E-state index contributed by atoms with van der Waals surface area (Å²) in [5.74, 6) is 2.41. The third kappa shape index (κ3) is 1.97. The van der Waals surface area contributed by atoms with Crippen molar-refractivity contribution in [3.05, 3.63) is 59.4 Å². The molecule has 0 fully saturated rings. The van der Waals surface area contributed by atoms with E-state index in [-0.39, 0.29) is 5.82 Å². The van der Waals surface area contributed by atoms with Crippen molar-refractivity contribution in [2.75, 3.05) is 0 Å². The number of halogens is 1. The van der Waals surface area contributed by atoms with E-state index in [1.165, 1.54) is 6.07 Å². The lowest BCUT2D eigenvalue weighted by atomic mass is 10.0. The summed E-state index contributed by atoms with van der Waals surface area (Å²) in [4.78, 5) is 0. The maximum absolute atomic E-state index is 13.1. The Morgan fingerprint density at radius 2 is 1.81 bits per heavy atom. The summed E-state index contributed by atoms with van der Waals surface area (Å²) >= 11 is 0. The third-order valence-electron chi connectivity index (χ3n) is 2.52. The summed E-state index contributed by atoms with van der Waals surface area (Å²) in [6, 6.07) is 12.7. The fourth-order valence-electron chi connectivity index (χ4n) is 1.61. The Labute approximate surface area is 94.7 Å². The molecule has 0 radical (unpaired) electrons. The molecular weight excluding hydrogens is 199 g/mol. The van der Waals surface area contributed by atoms with E-state index in [4.69, 9.17) is 6.42 Å². The van der Waals surface area contributed by atoms with E-state index in [1.54, 1.807) is 13.0 Å². The van der Waals surface area contributed by atoms with E-state index in [0.29, 0.717) is 5.56 Å². The Morgan fingerprint density at radius 3 is 2.50 bits per heavy atom. The number of aryl methyl sites for hydroxylation is 1. The van der Waals surface area contributed by atoms with Crippen LogP contribution in [0.1, 0.15) is 11.1 Å². The molecule has 16 heavy (non-hydrogen) atoms. The first-order valence-electron chi connectivity index (χ1n) is 5.04. The van der Waals surface area contributed by atoms with Gasteiger partial charge < -0.3 is 0 Å². The zero-order valence-electron chi connectivity index (χ0n) is 9.00. The smallest absolute Gasteiger partial charge is 0.126 e. The first-order valence-corrected chi connectivity index (χ1v) is 5.04. The minimum atomic E-state index is -0.183. The maximum atomic E-state index is 13.1. The maximum Gasteiger partial charge on any atom is 0.126 e. The highest BCUT2D eigenvalue weighted by atomic mass is 19.1. The van der Waals surface area contributed by atoms with Gasteiger partial charge in [0, 0.05) is 5.56 Å². The van der Waals surface area contributed by atoms with Gasteiger partial charge in [-0.25, -0.2) is 4.39 Å². The highest BCUT2D eigenvalue weighted by Gasteiger charge is 2.01. The molecule has 0 aromatic heterocycles. The predicted octanol–water partition coefficient (Wildman–Crippen LogP) is 3.78. The van der Waals surface area contributed by atoms with Gasteiger partial charge in [-0.1, -0.05) is 24.1 Å². The Balaban J connectivity index is 2.51. The lowest BCUT2D eigenvalue weighted by Gasteiger charge is -2.04. The molecule has 0 atom stereocenters. The molecule has 0 aliphatic carbocycles. The minimum absolute atomic E-state index is 0.183. The fraction of sp³-hybridized carbons (Fsp3) is 0.0667. The highest BCUT2D eigenvalue weighted by molar-refractivity contribution is 5.66. The molecule has 0 amide bonds. The van der Waals surface area contributed by atoms with Crippen LogP contribution in [0.2, 0.25) is 0 Å². The van der Waals surface area contributed by atoms with Crippen molar-refractivity contribution >= 4 is 0 Å². The molecule has 2 rings (SSSR count). The SMILES string of the molecule is C#Cc1cccc(-c2ccc(F)c(C)c2)c1. The minimum Gasteiger partial charge on any atom is -0.207 e. The monoisotopic (exact) mass is 210 g/mol. The standard InChI is InChI=1S/C15H11F/c1-3-12-5-4-6-13(10-12)14-7-8-15(16)11(2)9-14/h1,4-10H,2H3. The summed E-state index contributed by atoms with van der Waals surface area (Å²) < 4.78 is 13.1. The fourth-order valence-corrected chi connectivity index (χ4v) is 1.61. The van der Waals surface area contributed by atoms with Gasteiger partial charge in [-0.15, -0.1) is 6.42 Å². The van der Waals surface area contributed by atoms with Crippen molar-refractivity contribution in [3.8, 4) is 23.5 Å². The zero-order chi connectivity index (χ0) is 11.5. The normalized spacial score (nSPS) is 9.81. The van der Waals surface area contributed by atoms with Gasteiger partial charge >= 0.3 is 0 Å². The Hall–Kier alpha value is -2.07. The lowest BCUT2D eigenvalue weighted by molar-refractivity contribution is 0.619. The van der Waals surface area contributed by atoms with E-state index >= 15 is 0 Å². The number of hydrogen-bond donors (Lipinski definition) is 0. The molecule has 0 aliphatic rings. The molecule has 2 aromatic carbocycles. The molecule has 0 spiro atoms. The molecule has 2 aromatic rings. The second-order valence-corrected chi connectivity index (χ2v) is 3.69. The molecule has 0 saturated carbocycles. The second-order valence-electron chi connectivity index (χ2n) is 3.69. The summed E-state index contributed by atoms with van der Waals surface area (Å²) in [6.07, 6.45) is 5.34. The van der Waals surface area contributed by atoms with Crippen LogP contribution in [-0.4, -0.2) is 0 Å². The first-order chi connectivity index (χ1) is 7.70. The first kappa shape index (κ1) is 10.4. The van der Waals surface area contributed by atoms with Crippen LogP contribution >= 0.6 is 0 Å². The Kier molecular flexibility index (Phi) is 2.74. The number of hydrogen-bond acceptors (Lipinski definition) is 0. The van der Waals surface area contributed by atoms with Gasteiger partial charge in [-0.05, 0) is 47.9 Å². The highest BCUT2D eigenvalue weighted by Crippen LogP contribution is 2.22. The largest absolute Gasteiger partial charge is 0.207 e. The molecule has 0 aliphatic heterocycles. The van der Waals surface area contributed by atoms with Crippen LogP contribution in [0.5, 0.6) is 0 Å². The molecule has 1 heteroatoms. The van der Waals surface area contributed by atoms with Crippen LogP contribution in [0.4, 0.5) is 4.39 Å². The summed E-state index contributed by atoms with van der Waals surface area (Å²) in [7, 11) is 0. The molecule has 78 valence electrons. The van der Waals surface area contributed by atoms with Crippen LogP contribution in [-0.2, 0) is 0 Å². The molecule has 0 saturated heterocycles. The Bertz CT molecular complexity index is 562. The molecule has 0 heterocycles. The van der Waals surface area contributed by atoms with Crippen molar-refractivity contribution in [3.63, 3.8) is 0 Å². The molecule has 0 nitrogen and oxygen atoms in total. The molecule has 0 N–H and O–H groups in total. The van der Waals surface area contributed by atoms with E-state index in [2.05, 4.69) is 5.92 Å². The van der Waals surface area contributed by atoms with Gasteiger partial charge in [-0.3, -0.25) is 0 Å². The summed E-state index contributed by atoms with van der Waals surface area (Å²) in [5, 5.41) is 0. The van der Waals surface area contributed by atoms with Crippen LogP contribution in [0, 0.1) is 25.1 Å². The van der Waals surface area contributed by atoms with E-state index in [1.807, 2.05) is 30.3 Å². The number of benzene rings is 2. The topological polar surface area (TPSA) is 0 Å². The number of rotatable bonds is 1. The summed E-state index contributed by atoms with van der Waals surface area (Å²) in [6.45, 7) is 1.75. The Morgan fingerprint density at radius 1 is 1.06 bits per heavy atom. The van der Waals surface area contributed by atoms with E-state index in [0.717, 1.165) is 16.7 Å². The van der Waals surface area contributed by atoms with Gasteiger partial charge in [0.05, 0.1) is 0 Å². The van der Waals surface area contributed by atoms with Crippen molar-refractivity contribution in [2.45, 2.75) is 6.92 Å². The average Bonchev–Trinajstić information content (AvgIpc) is 2.33. The van der Waals surface area contributed by atoms with E-state index < -0.39 is 0 Å². The van der Waals surface area contributed by atoms with Gasteiger partial charge in [0.1, 0.15) is 5.82 Å². The van der Waals surface area contributed by atoms with Gasteiger partial charge in [0.15, 0.2) is 0 Å². The molecular formula is C15H11F. The van der Waals surface area contributed by atoms with E-state index in [9.17, 15) is 4.39 Å². The average molecular weight is 210 g/mol. The third-order valence-corrected chi connectivity index (χ3v) is 2.52. The lowest BCUT2D eigenvalue weighted by Crippen LogP contribution is -1.85. The quantitative estimate of drug-likeness (QED) is 0.628. The van der Waals surface area contributed by atoms with Crippen molar-refractivity contribution in [1.82, 2.24) is 0 Å². The van der Waals surface area contributed by atoms with Crippen LogP contribution in [0.3, 0.4) is 0 Å². The van der Waals surface area contributed by atoms with Crippen molar-refractivity contribution in [2.24, 2.45) is 0 Å². The van der Waals surface area contributed by atoms with Crippen LogP contribution in [0.15, 0.2) is 42.5 Å². The summed E-state index contributed by atoms with van der Waals surface area (Å²) in [5.41, 5.74) is 3.47. The predicted molar refractivity (Wildman–Crippen MR) is 64.5 cm³/mol. The second kappa shape index (κ2) is 4.20. The molecule has 0 unspecified atom stereocenters. The number of terminal acetylenes is 1. The van der Waals surface area contributed by atoms with Crippen LogP contribution < -0.4 is 0 Å². The van der Waals surface area contributed by atoms with Crippen LogP contribution in [0.25, 0.3) is 11.1 Å². The molecule has 0 bridgehead atoms. The van der Waals surface area contributed by atoms with Crippen molar-refractivity contribution < 1.29 is 4.39 Å². The van der Waals surface area contributed by atoms with Gasteiger partial charge in [-0.2, -0.15) is 0 Å². The van der Waals surface area contributed by atoms with Crippen molar-refractivity contribution in [1.29, 1.82) is 0 Å². The zero-order valence-corrected chi connectivity index (χ0v) is 9.00. The van der Waals surface area contributed by atoms with Gasteiger partial charge in [0.2, 0.25) is 0 Å².